The molecule has 0 aromatic heterocycles. The van der Waals surface area contributed by atoms with E-state index in [2.05, 4.69) is 37.9 Å². The molecule has 2 unspecified atom stereocenters. The molecule has 2 fully saturated rings. The number of aliphatic imine (C=N–C) groups is 1. The van der Waals surface area contributed by atoms with E-state index in [9.17, 15) is 5.11 Å². The third-order valence-corrected chi connectivity index (χ3v) is 4.69. The molecule has 2 rings (SSSR count). The second-order valence-electron chi connectivity index (χ2n) is 7.87. The Bertz CT molecular complexity index is 390. The van der Waals surface area contributed by atoms with E-state index >= 15 is 0 Å². The average Bonchev–Trinajstić information content (AvgIpc) is 2.88. The van der Waals surface area contributed by atoms with Crippen LogP contribution in [0.15, 0.2) is 4.99 Å². The van der Waals surface area contributed by atoms with Crippen molar-refractivity contribution in [2.45, 2.75) is 77.6 Å². The number of rotatable bonds is 4. The summed E-state index contributed by atoms with van der Waals surface area (Å²) in [6.07, 6.45) is 5.46. The van der Waals surface area contributed by atoms with Crippen LogP contribution in [0.3, 0.4) is 0 Å². The highest BCUT2D eigenvalue weighted by Gasteiger charge is 2.27. The third-order valence-electron chi connectivity index (χ3n) is 4.69. The lowest BCUT2D eigenvalue weighted by Gasteiger charge is -2.37. The van der Waals surface area contributed by atoms with Gasteiger partial charge in [-0.05, 0) is 53.4 Å². The fourth-order valence-corrected chi connectivity index (χ4v) is 3.55. The summed E-state index contributed by atoms with van der Waals surface area (Å²) < 4.78 is 6.10. The van der Waals surface area contributed by atoms with E-state index in [4.69, 9.17) is 9.73 Å². The van der Waals surface area contributed by atoms with Crippen molar-refractivity contribution in [3.63, 3.8) is 0 Å². The predicted octanol–water partition coefficient (Wildman–Crippen LogP) is 3.01. The van der Waals surface area contributed by atoms with Gasteiger partial charge in [0.15, 0.2) is 5.96 Å². The molecular weight excluding hydrogens is 417 g/mol. The maximum Gasteiger partial charge on any atom is 0.193 e. The molecule has 2 N–H and O–H groups in total. The topological polar surface area (TPSA) is 57.1 Å². The van der Waals surface area contributed by atoms with Gasteiger partial charge in [-0.25, -0.2) is 0 Å². The molecule has 0 spiro atoms. The van der Waals surface area contributed by atoms with Crippen molar-refractivity contribution in [2.75, 3.05) is 26.2 Å². The maximum atomic E-state index is 9.97. The van der Waals surface area contributed by atoms with Crippen LogP contribution in [0.2, 0.25) is 0 Å². The number of nitrogens with one attached hydrogen (secondary N) is 1. The molecule has 0 aromatic rings. The Morgan fingerprint density at radius 2 is 1.88 bits per heavy atom. The van der Waals surface area contributed by atoms with Gasteiger partial charge in [0.05, 0.1) is 17.8 Å². The van der Waals surface area contributed by atoms with Gasteiger partial charge in [0, 0.05) is 32.1 Å². The van der Waals surface area contributed by atoms with E-state index < -0.39 is 0 Å². The molecule has 0 bridgehead atoms. The molecule has 142 valence electrons. The van der Waals surface area contributed by atoms with Gasteiger partial charge in [0.1, 0.15) is 0 Å². The summed E-state index contributed by atoms with van der Waals surface area (Å²) in [6.45, 7) is 12.1. The van der Waals surface area contributed by atoms with Crippen molar-refractivity contribution in [2.24, 2.45) is 10.9 Å². The van der Waals surface area contributed by atoms with E-state index in [0.717, 1.165) is 64.2 Å². The van der Waals surface area contributed by atoms with Crippen LogP contribution in [0.5, 0.6) is 0 Å². The molecule has 0 radical (unpaired) electrons. The fraction of sp³-hybridized carbons (Fsp3) is 0.944. The summed E-state index contributed by atoms with van der Waals surface area (Å²) >= 11 is 0. The summed E-state index contributed by atoms with van der Waals surface area (Å²) in [5, 5.41) is 13.4. The van der Waals surface area contributed by atoms with Crippen LogP contribution in [0, 0.1) is 5.92 Å². The first kappa shape index (κ1) is 22.0. The molecule has 1 heterocycles. The van der Waals surface area contributed by atoms with Gasteiger partial charge in [0.2, 0.25) is 0 Å². The van der Waals surface area contributed by atoms with Gasteiger partial charge in [-0.15, -0.1) is 24.0 Å². The van der Waals surface area contributed by atoms with Crippen LogP contribution in [0.4, 0.5) is 0 Å². The molecular formula is C18H36IN3O2. The Balaban J connectivity index is 0.00000288. The van der Waals surface area contributed by atoms with Gasteiger partial charge in [0.25, 0.3) is 0 Å². The van der Waals surface area contributed by atoms with Crippen LogP contribution >= 0.6 is 24.0 Å². The van der Waals surface area contributed by atoms with Crippen LogP contribution in [0.25, 0.3) is 0 Å². The largest absolute Gasteiger partial charge is 0.393 e. The average molecular weight is 453 g/mol. The molecule has 1 aliphatic carbocycles. The van der Waals surface area contributed by atoms with Crippen LogP contribution < -0.4 is 5.32 Å². The van der Waals surface area contributed by atoms with Crippen LogP contribution in [-0.2, 0) is 4.74 Å². The van der Waals surface area contributed by atoms with E-state index in [1.165, 1.54) is 0 Å². The Kier molecular flexibility index (Phi) is 9.30. The van der Waals surface area contributed by atoms with Crippen molar-refractivity contribution < 1.29 is 9.84 Å². The minimum atomic E-state index is -0.160. The summed E-state index contributed by atoms with van der Waals surface area (Å²) in [5.74, 6) is 1.34. The lowest BCUT2D eigenvalue weighted by molar-refractivity contribution is -0.0772. The number of aliphatic hydroxyl groups excluding tert-OH is 1. The Labute approximate surface area is 164 Å². The second kappa shape index (κ2) is 10.2. The van der Waals surface area contributed by atoms with E-state index in [1.54, 1.807) is 0 Å². The number of aliphatic hydroxyl groups is 1. The lowest BCUT2D eigenvalue weighted by Crippen LogP contribution is -2.48. The Morgan fingerprint density at radius 1 is 1.21 bits per heavy atom. The smallest absolute Gasteiger partial charge is 0.193 e. The van der Waals surface area contributed by atoms with Gasteiger partial charge in [-0.3, -0.25) is 4.99 Å². The van der Waals surface area contributed by atoms with Crippen molar-refractivity contribution >= 4 is 29.9 Å². The zero-order chi connectivity index (χ0) is 16.9. The summed E-state index contributed by atoms with van der Waals surface area (Å²) in [4.78, 5) is 7.14. The SMILES string of the molecule is CCNC(=NCC1CCCC1O)N1CCC(OC(C)(C)C)CC1.I. The number of hydrogen-bond acceptors (Lipinski definition) is 3. The molecule has 5 nitrogen and oxygen atoms in total. The first-order chi connectivity index (χ1) is 10.9. The highest BCUT2D eigenvalue weighted by Crippen LogP contribution is 2.26. The summed E-state index contributed by atoms with van der Waals surface area (Å²) in [5.41, 5.74) is -0.0654. The minimum Gasteiger partial charge on any atom is -0.393 e. The predicted molar refractivity (Wildman–Crippen MR) is 110 cm³/mol. The minimum absolute atomic E-state index is 0. The highest BCUT2D eigenvalue weighted by atomic mass is 127. The lowest BCUT2D eigenvalue weighted by atomic mass is 10.1. The Hall–Kier alpha value is -0.0800. The fourth-order valence-electron chi connectivity index (χ4n) is 3.55. The molecule has 2 atom stereocenters. The van der Waals surface area contributed by atoms with Crippen molar-refractivity contribution in [1.29, 1.82) is 0 Å². The zero-order valence-electron chi connectivity index (χ0n) is 15.8. The van der Waals surface area contributed by atoms with E-state index in [0.29, 0.717) is 12.0 Å². The zero-order valence-corrected chi connectivity index (χ0v) is 18.1. The molecule has 6 heteroatoms. The molecule has 1 saturated carbocycles. The monoisotopic (exact) mass is 453 g/mol. The number of likely N-dealkylation sites (tertiary alicyclic amines) is 1. The second-order valence-corrected chi connectivity index (χ2v) is 7.87. The van der Waals surface area contributed by atoms with Gasteiger partial charge in [-0.1, -0.05) is 6.42 Å². The molecule has 2 aliphatic rings. The quantitative estimate of drug-likeness (QED) is 0.391. The Morgan fingerprint density at radius 3 is 2.38 bits per heavy atom. The van der Waals surface area contributed by atoms with Crippen molar-refractivity contribution in [1.82, 2.24) is 10.2 Å². The number of ether oxygens (including phenoxy) is 1. The molecule has 0 aromatic carbocycles. The number of piperidine rings is 1. The van der Waals surface area contributed by atoms with E-state index in [-0.39, 0.29) is 35.7 Å². The third kappa shape index (κ3) is 7.04. The normalized spacial score (nSPS) is 26.4. The number of halogens is 1. The first-order valence-electron chi connectivity index (χ1n) is 9.28. The van der Waals surface area contributed by atoms with Gasteiger partial charge in [-0.2, -0.15) is 0 Å². The highest BCUT2D eigenvalue weighted by molar-refractivity contribution is 14.0. The summed E-state index contributed by atoms with van der Waals surface area (Å²) in [7, 11) is 0. The van der Waals surface area contributed by atoms with Gasteiger partial charge < -0.3 is 20.1 Å². The summed E-state index contributed by atoms with van der Waals surface area (Å²) in [6, 6.07) is 0. The molecule has 1 saturated heterocycles. The number of nitrogens with zero attached hydrogens (tertiary/aromatic N) is 2. The molecule has 24 heavy (non-hydrogen) atoms. The molecule has 0 amide bonds. The van der Waals surface area contributed by atoms with Gasteiger partial charge >= 0.3 is 0 Å². The number of hydrogen-bond donors (Lipinski definition) is 2. The van der Waals surface area contributed by atoms with Crippen molar-refractivity contribution in [3.8, 4) is 0 Å². The standard InChI is InChI=1S/C18H35N3O2.HI/c1-5-19-17(20-13-14-7-6-8-16(14)22)21-11-9-15(10-12-21)23-18(2,3)4;/h14-16,22H,5-13H2,1-4H3,(H,19,20);1H. The molecule has 1 aliphatic heterocycles. The van der Waals surface area contributed by atoms with E-state index in [1.807, 2.05) is 0 Å². The van der Waals surface area contributed by atoms with Crippen molar-refractivity contribution in [3.05, 3.63) is 0 Å². The number of guanidine groups is 1. The maximum absolute atomic E-state index is 9.97. The first-order valence-corrected chi connectivity index (χ1v) is 9.28. The van der Waals surface area contributed by atoms with Crippen LogP contribution in [0.1, 0.15) is 59.8 Å². The van der Waals surface area contributed by atoms with Crippen LogP contribution in [-0.4, -0.2) is 60.0 Å².